The van der Waals surface area contributed by atoms with E-state index in [0.717, 1.165) is 30.0 Å². The molecule has 0 unspecified atom stereocenters. The van der Waals surface area contributed by atoms with E-state index in [1.165, 1.54) is 40.9 Å². The summed E-state index contributed by atoms with van der Waals surface area (Å²) in [5.74, 6) is 0. The molecule has 0 N–H and O–H groups in total. The summed E-state index contributed by atoms with van der Waals surface area (Å²) in [6, 6.07) is 17.2. The molecule has 5 heterocycles. The summed E-state index contributed by atoms with van der Waals surface area (Å²) in [4.78, 5) is 8.98. The normalized spacial score (nSPS) is 13.3. The maximum atomic E-state index is 4.51. The summed E-state index contributed by atoms with van der Waals surface area (Å²) in [7, 11) is 0. The average Bonchev–Trinajstić information content (AvgIpc) is 2.80. The third-order valence-corrected chi connectivity index (χ3v) is 5.99. The number of hydrogen-bond acceptors (Lipinski definition) is 2. The van der Waals surface area contributed by atoms with Crippen LogP contribution in [0, 0.1) is 13.8 Å². The van der Waals surface area contributed by atoms with Crippen molar-refractivity contribution in [3.63, 3.8) is 0 Å². The molecule has 5 rings (SSSR count). The van der Waals surface area contributed by atoms with Gasteiger partial charge in [0.2, 0.25) is 0 Å². The zero-order chi connectivity index (χ0) is 21.9. The maximum Gasteiger partial charge on any atom is 0.277 e. The van der Waals surface area contributed by atoms with Crippen LogP contribution in [-0.4, -0.2) is 9.97 Å². The van der Waals surface area contributed by atoms with Gasteiger partial charge in [0.1, 0.15) is 13.1 Å². The van der Waals surface area contributed by atoms with Crippen LogP contribution in [0.1, 0.15) is 35.1 Å². The lowest BCUT2D eigenvalue weighted by Crippen LogP contribution is -2.45. The summed E-state index contributed by atoms with van der Waals surface area (Å²) in [5, 5.41) is 0. The first-order valence-electron chi connectivity index (χ1n) is 11.3. The minimum Gasteiger partial charge on any atom is -0.255 e. The smallest absolute Gasteiger partial charge is 0.255 e. The van der Waals surface area contributed by atoms with Gasteiger partial charge in [-0.1, -0.05) is 12.2 Å². The van der Waals surface area contributed by atoms with Gasteiger partial charge in [0.15, 0.2) is 12.4 Å². The number of pyridine rings is 4. The average molecular weight is 421 g/mol. The molecule has 1 aliphatic rings. The Hall–Kier alpha value is -3.66. The van der Waals surface area contributed by atoms with Gasteiger partial charge in [-0.25, -0.2) is 0 Å². The molecule has 0 aliphatic carbocycles. The van der Waals surface area contributed by atoms with Crippen LogP contribution in [0.3, 0.4) is 0 Å². The highest BCUT2D eigenvalue weighted by Gasteiger charge is 2.25. The Morgan fingerprint density at radius 2 is 1.25 bits per heavy atom. The van der Waals surface area contributed by atoms with Gasteiger partial charge < -0.3 is 0 Å². The number of rotatable bonds is 3. The molecule has 0 saturated heterocycles. The van der Waals surface area contributed by atoms with Gasteiger partial charge in [-0.05, 0) is 60.4 Å². The van der Waals surface area contributed by atoms with Crippen molar-refractivity contribution >= 4 is 12.2 Å². The Morgan fingerprint density at radius 1 is 0.656 bits per heavy atom. The van der Waals surface area contributed by atoms with Gasteiger partial charge >= 0.3 is 0 Å². The Bertz CT molecular complexity index is 1310. The lowest BCUT2D eigenvalue weighted by Gasteiger charge is -2.10. The van der Waals surface area contributed by atoms with Crippen molar-refractivity contribution in [3.8, 4) is 22.8 Å². The second kappa shape index (κ2) is 8.83. The van der Waals surface area contributed by atoms with E-state index in [9.17, 15) is 0 Å². The Kier molecular flexibility index (Phi) is 5.59. The van der Waals surface area contributed by atoms with E-state index in [2.05, 4.69) is 93.9 Å². The van der Waals surface area contributed by atoms with Gasteiger partial charge in [0.05, 0.1) is 11.4 Å². The van der Waals surface area contributed by atoms with Crippen LogP contribution in [0.15, 0.2) is 73.3 Å². The third kappa shape index (κ3) is 4.35. The van der Waals surface area contributed by atoms with Crippen LogP contribution in [0.25, 0.3) is 34.9 Å². The number of aromatic nitrogens is 4. The molecule has 1 aliphatic heterocycles. The topological polar surface area (TPSA) is 33.5 Å². The summed E-state index contributed by atoms with van der Waals surface area (Å²) >= 11 is 0. The maximum absolute atomic E-state index is 4.51. The minimum atomic E-state index is 0.894. The molecule has 0 fully saturated rings. The number of nitrogens with zero attached hydrogens (tertiary/aromatic N) is 4. The Morgan fingerprint density at radius 3 is 2.00 bits per heavy atom. The number of fused-ring (bicyclic) bond motifs is 3. The second-order valence-electron chi connectivity index (χ2n) is 8.55. The Labute approximate surface area is 189 Å². The zero-order valence-electron chi connectivity index (χ0n) is 18.7. The van der Waals surface area contributed by atoms with Crippen molar-refractivity contribution in [2.24, 2.45) is 0 Å². The SMILES string of the molecule is Cc1ccnc(-c2cc(/C=C/c3cc[n+]4c(c3)-c3cc(C)cc[n+]3CCCC4)ccn2)c1. The first-order chi connectivity index (χ1) is 15.7. The van der Waals surface area contributed by atoms with E-state index in [1.54, 1.807) is 0 Å². The van der Waals surface area contributed by atoms with Crippen molar-refractivity contribution in [1.82, 2.24) is 9.97 Å². The molecule has 0 aromatic carbocycles. The van der Waals surface area contributed by atoms with E-state index in [0.29, 0.717) is 0 Å². The zero-order valence-corrected chi connectivity index (χ0v) is 18.7. The summed E-state index contributed by atoms with van der Waals surface area (Å²) in [6.07, 6.45) is 14.9. The molecular formula is C28H28N4+2. The predicted molar refractivity (Wildman–Crippen MR) is 127 cm³/mol. The molecular weight excluding hydrogens is 392 g/mol. The first kappa shape index (κ1) is 20.3. The van der Waals surface area contributed by atoms with Crippen molar-refractivity contribution in [2.45, 2.75) is 39.8 Å². The van der Waals surface area contributed by atoms with E-state index in [1.807, 2.05) is 24.5 Å². The van der Waals surface area contributed by atoms with E-state index < -0.39 is 0 Å². The number of hydrogen-bond donors (Lipinski definition) is 0. The number of aryl methyl sites for hydroxylation is 4. The van der Waals surface area contributed by atoms with Crippen LogP contribution in [-0.2, 0) is 13.1 Å². The van der Waals surface area contributed by atoms with Gasteiger partial charge in [0.25, 0.3) is 11.4 Å². The predicted octanol–water partition coefficient (Wildman–Crippen LogP) is 4.97. The quantitative estimate of drug-likeness (QED) is 0.439. The highest BCUT2D eigenvalue weighted by Crippen LogP contribution is 2.20. The lowest BCUT2D eigenvalue weighted by atomic mass is 10.1. The fraction of sp³-hybridized carbons (Fsp3) is 0.214. The Balaban J connectivity index is 1.48. The molecule has 158 valence electrons. The molecule has 0 atom stereocenters. The molecule has 0 saturated carbocycles. The minimum absolute atomic E-state index is 0.894. The van der Waals surface area contributed by atoms with E-state index in [-0.39, 0.29) is 0 Å². The summed E-state index contributed by atoms with van der Waals surface area (Å²) < 4.78 is 4.77. The standard InChI is InChI=1S/C28H28N4/c1-21-7-11-29-25(17-21)26-19-23(8-12-30-26)5-6-24-10-16-32-14-4-3-13-31-15-9-22(2)18-27(31)28(32)20-24/h5-12,15-20H,3-4,13-14H2,1-2H3/q+2/b6-5+. The van der Waals surface area contributed by atoms with Crippen molar-refractivity contribution in [3.05, 3.63) is 95.6 Å². The largest absolute Gasteiger partial charge is 0.277 e. The van der Waals surface area contributed by atoms with Gasteiger partial charge in [0, 0.05) is 49.5 Å². The van der Waals surface area contributed by atoms with Crippen LogP contribution < -0.4 is 9.13 Å². The molecule has 0 amide bonds. The molecule has 32 heavy (non-hydrogen) atoms. The second-order valence-corrected chi connectivity index (χ2v) is 8.55. The van der Waals surface area contributed by atoms with Crippen LogP contribution in [0.4, 0.5) is 0 Å². The van der Waals surface area contributed by atoms with Crippen LogP contribution in [0.2, 0.25) is 0 Å². The molecule has 4 heteroatoms. The van der Waals surface area contributed by atoms with Gasteiger partial charge in [-0.2, -0.15) is 9.13 Å². The highest BCUT2D eigenvalue weighted by atomic mass is 15.0. The molecule has 0 spiro atoms. The van der Waals surface area contributed by atoms with E-state index >= 15 is 0 Å². The fourth-order valence-corrected chi connectivity index (χ4v) is 4.24. The molecule has 4 aromatic heterocycles. The van der Waals surface area contributed by atoms with Gasteiger partial charge in [-0.15, -0.1) is 0 Å². The van der Waals surface area contributed by atoms with E-state index in [4.69, 9.17) is 0 Å². The molecule has 4 aromatic rings. The first-order valence-corrected chi connectivity index (χ1v) is 11.3. The van der Waals surface area contributed by atoms with Crippen LogP contribution in [0.5, 0.6) is 0 Å². The highest BCUT2D eigenvalue weighted by molar-refractivity contribution is 5.72. The molecule has 0 radical (unpaired) electrons. The fourth-order valence-electron chi connectivity index (χ4n) is 4.24. The van der Waals surface area contributed by atoms with Crippen molar-refractivity contribution < 1.29 is 9.13 Å². The lowest BCUT2D eigenvalue weighted by molar-refractivity contribution is -0.725. The monoisotopic (exact) mass is 420 g/mol. The third-order valence-electron chi connectivity index (χ3n) is 5.99. The molecule has 4 nitrogen and oxygen atoms in total. The van der Waals surface area contributed by atoms with Crippen LogP contribution >= 0.6 is 0 Å². The van der Waals surface area contributed by atoms with Crippen molar-refractivity contribution in [1.29, 1.82) is 0 Å². The summed E-state index contributed by atoms with van der Waals surface area (Å²) in [5.41, 5.74) is 9.14. The van der Waals surface area contributed by atoms with Gasteiger partial charge in [-0.3, -0.25) is 9.97 Å². The summed E-state index contributed by atoms with van der Waals surface area (Å²) in [6.45, 7) is 6.37. The molecule has 0 bridgehead atoms. The van der Waals surface area contributed by atoms with Crippen molar-refractivity contribution in [2.75, 3.05) is 0 Å².